The van der Waals surface area contributed by atoms with Crippen LogP contribution in [-0.4, -0.2) is 47.0 Å². The van der Waals surface area contributed by atoms with E-state index in [0.717, 1.165) is 43.5 Å². The molecule has 3 heterocycles. The Bertz CT molecular complexity index is 735. The molecule has 3 rings (SSSR count). The van der Waals surface area contributed by atoms with Crippen LogP contribution in [-0.2, 0) is 18.3 Å². The summed E-state index contributed by atoms with van der Waals surface area (Å²) in [6.45, 7) is 7.64. The van der Waals surface area contributed by atoms with Gasteiger partial charge >= 0.3 is 0 Å². The van der Waals surface area contributed by atoms with E-state index >= 15 is 0 Å². The number of carbonyl (C=O) groups excluding carboxylic acids is 1. The van der Waals surface area contributed by atoms with Crippen molar-refractivity contribution in [3.63, 3.8) is 0 Å². The zero-order valence-electron chi connectivity index (χ0n) is 15.0. The van der Waals surface area contributed by atoms with E-state index in [-0.39, 0.29) is 5.91 Å². The predicted octanol–water partition coefficient (Wildman–Crippen LogP) is 1.71. The molecule has 1 aliphatic rings. The van der Waals surface area contributed by atoms with Crippen LogP contribution in [0.25, 0.3) is 0 Å². The molecule has 7 heteroatoms. The fraction of sp³-hybridized carbons (Fsp3) is 0.500. The quantitative estimate of drug-likeness (QED) is 0.895. The SMILES string of the molecule is CC(C)c1cc(C(=O)NCc2cccc(N3CCOCC3)n2)n(C)n1. The van der Waals surface area contributed by atoms with Gasteiger partial charge in [-0.25, -0.2) is 4.98 Å². The Morgan fingerprint density at radius 3 is 2.76 bits per heavy atom. The van der Waals surface area contributed by atoms with Crippen LogP contribution in [0.4, 0.5) is 5.82 Å². The third kappa shape index (κ3) is 4.17. The van der Waals surface area contributed by atoms with Crippen molar-refractivity contribution >= 4 is 11.7 Å². The molecule has 1 amide bonds. The number of hydrogen-bond acceptors (Lipinski definition) is 5. The minimum absolute atomic E-state index is 0.138. The summed E-state index contributed by atoms with van der Waals surface area (Å²) >= 11 is 0. The van der Waals surface area contributed by atoms with E-state index in [0.29, 0.717) is 18.2 Å². The molecule has 1 saturated heterocycles. The second-order valence-electron chi connectivity index (χ2n) is 6.50. The van der Waals surface area contributed by atoms with Crippen LogP contribution in [0, 0.1) is 0 Å². The third-order valence-corrected chi connectivity index (χ3v) is 4.28. The number of amides is 1. The van der Waals surface area contributed by atoms with Gasteiger partial charge in [0.15, 0.2) is 0 Å². The van der Waals surface area contributed by atoms with Gasteiger partial charge in [0.2, 0.25) is 0 Å². The molecule has 1 aliphatic heterocycles. The summed E-state index contributed by atoms with van der Waals surface area (Å²) in [6.07, 6.45) is 0. The maximum atomic E-state index is 12.4. The summed E-state index contributed by atoms with van der Waals surface area (Å²) in [4.78, 5) is 19.3. The smallest absolute Gasteiger partial charge is 0.269 e. The Kier molecular flexibility index (Phi) is 5.33. The van der Waals surface area contributed by atoms with Crippen molar-refractivity contribution < 1.29 is 9.53 Å². The van der Waals surface area contributed by atoms with Crippen LogP contribution in [0.2, 0.25) is 0 Å². The molecule has 1 N–H and O–H groups in total. The first kappa shape index (κ1) is 17.4. The first-order chi connectivity index (χ1) is 12.0. The summed E-state index contributed by atoms with van der Waals surface area (Å²) in [5.74, 6) is 1.08. The number of anilines is 1. The lowest BCUT2D eigenvalue weighted by atomic mass is 10.1. The predicted molar refractivity (Wildman–Crippen MR) is 95.7 cm³/mol. The summed E-state index contributed by atoms with van der Waals surface area (Å²) in [7, 11) is 1.79. The molecule has 0 aromatic carbocycles. The molecular weight excluding hydrogens is 318 g/mol. The lowest BCUT2D eigenvalue weighted by Gasteiger charge is -2.28. The molecule has 0 unspecified atom stereocenters. The van der Waals surface area contributed by atoms with E-state index in [9.17, 15) is 4.79 Å². The molecule has 2 aromatic heterocycles. The first-order valence-electron chi connectivity index (χ1n) is 8.65. The number of hydrogen-bond donors (Lipinski definition) is 1. The second-order valence-corrected chi connectivity index (χ2v) is 6.50. The minimum Gasteiger partial charge on any atom is -0.378 e. The fourth-order valence-corrected chi connectivity index (χ4v) is 2.78. The molecule has 0 radical (unpaired) electrons. The molecule has 2 aromatic rings. The van der Waals surface area contributed by atoms with Crippen molar-refractivity contribution in [1.29, 1.82) is 0 Å². The van der Waals surface area contributed by atoms with E-state index in [1.807, 2.05) is 24.3 Å². The minimum atomic E-state index is -0.138. The largest absolute Gasteiger partial charge is 0.378 e. The molecule has 0 aliphatic carbocycles. The van der Waals surface area contributed by atoms with Crippen LogP contribution in [0.1, 0.15) is 41.6 Å². The van der Waals surface area contributed by atoms with Gasteiger partial charge in [-0.1, -0.05) is 19.9 Å². The Morgan fingerprint density at radius 1 is 1.32 bits per heavy atom. The van der Waals surface area contributed by atoms with Crippen molar-refractivity contribution in [1.82, 2.24) is 20.1 Å². The van der Waals surface area contributed by atoms with Gasteiger partial charge in [0.05, 0.1) is 31.1 Å². The van der Waals surface area contributed by atoms with E-state index in [4.69, 9.17) is 4.74 Å². The first-order valence-corrected chi connectivity index (χ1v) is 8.65. The van der Waals surface area contributed by atoms with Crippen molar-refractivity contribution in [2.45, 2.75) is 26.3 Å². The average molecular weight is 343 g/mol. The zero-order chi connectivity index (χ0) is 17.8. The molecule has 25 heavy (non-hydrogen) atoms. The van der Waals surface area contributed by atoms with Crippen LogP contribution in [0.3, 0.4) is 0 Å². The number of carbonyl (C=O) groups is 1. The highest BCUT2D eigenvalue weighted by Crippen LogP contribution is 2.15. The Hall–Kier alpha value is -2.41. The lowest BCUT2D eigenvalue weighted by molar-refractivity contribution is 0.0941. The van der Waals surface area contributed by atoms with E-state index in [1.54, 1.807) is 11.7 Å². The summed E-state index contributed by atoms with van der Waals surface area (Å²) < 4.78 is 7.00. The number of rotatable bonds is 5. The van der Waals surface area contributed by atoms with Crippen molar-refractivity contribution in [2.75, 3.05) is 31.2 Å². The van der Waals surface area contributed by atoms with Crippen LogP contribution in [0.15, 0.2) is 24.3 Å². The van der Waals surface area contributed by atoms with Gasteiger partial charge in [0.1, 0.15) is 11.5 Å². The van der Waals surface area contributed by atoms with Gasteiger partial charge in [-0.15, -0.1) is 0 Å². The van der Waals surface area contributed by atoms with Gasteiger partial charge in [-0.05, 0) is 24.1 Å². The van der Waals surface area contributed by atoms with Gasteiger partial charge < -0.3 is 15.0 Å². The van der Waals surface area contributed by atoms with Gasteiger partial charge in [0.25, 0.3) is 5.91 Å². The van der Waals surface area contributed by atoms with Crippen LogP contribution >= 0.6 is 0 Å². The molecule has 1 fully saturated rings. The molecule has 0 bridgehead atoms. The third-order valence-electron chi connectivity index (χ3n) is 4.28. The molecule has 7 nitrogen and oxygen atoms in total. The van der Waals surface area contributed by atoms with Crippen LogP contribution < -0.4 is 10.2 Å². The number of nitrogens with zero attached hydrogens (tertiary/aromatic N) is 4. The number of pyridine rings is 1. The normalized spacial score (nSPS) is 14.8. The number of ether oxygens (including phenoxy) is 1. The number of aromatic nitrogens is 3. The highest BCUT2D eigenvalue weighted by atomic mass is 16.5. The maximum Gasteiger partial charge on any atom is 0.269 e. The van der Waals surface area contributed by atoms with E-state index in [1.165, 1.54) is 0 Å². The Balaban J connectivity index is 1.64. The zero-order valence-corrected chi connectivity index (χ0v) is 15.0. The fourth-order valence-electron chi connectivity index (χ4n) is 2.78. The molecule has 0 saturated carbocycles. The van der Waals surface area contributed by atoms with Crippen molar-refractivity contribution in [2.24, 2.45) is 7.05 Å². The lowest BCUT2D eigenvalue weighted by Crippen LogP contribution is -2.37. The van der Waals surface area contributed by atoms with Crippen LogP contribution in [0.5, 0.6) is 0 Å². The van der Waals surface area contributed by atoms with Crippen molar-refractivity contribution in [3.8, 4) is 0 Å². The van der Waals surface area contributed by atoms with Gasteiger partial charge in [-0.2, -0.15) is 5.10 Å². The number of aryl methyl sites for hydroxylation is 1. The van der Waals surface area contributed by atoms with E-state index in [2.05, 4.69) is 34.1 Å². The average Bonchev–Trinajstić information content (AvgIpc) is 3.03. The molecular formula is C18H25N5O2. The van der Waals surface area contributed by atoms with Gasteiger partial charge in [-0.3, -0.25) is 9.48 Å². The molecule has 0 atom stereocenters. The highest BCUT2D eigenvalue weighted by Gasteiger charge is 2.16. The second kappa shape index (κ2) is 7.65. The number of nitrogens with one attached hydrogen (secondary N) is 1. The van der Waals surface area contributed by atoms with E-state index < -0.39 is 0 Å². The number of morpholine rings is 1. The van der Waals surface area contributed by atoms with Gasteiger partial charge in [0, 0.05) is 20.1 Å². The van der Waals surface area contributed by atoms with Crippen molar-refractivity contribution in [3.05, 3.63) is 41.3 Å². The highest BCUT2D eigenvalue weighted by molar-refractivity contribution is 5.92. The maximum absolute atomic E-state index is 12.4. The topological polar surface area (TPSA) is 72.3 Å². The summed E-state index contributed by atoms with van der Waals surface area (Å²) in [5, 5.41) is 7.32. The summed E-state index contributed by atoms with van der Waals surface area (Å²) in [6, 6.07) is 7.73. The molecule has 134 valence electrons. The summed E-state index contributed by atoms with van der Waals surface area (Å²) in [5.41, 5.74) is 2.32. The monoisotopic (exact) mass is 343 g/mol. The Morgan fingerprint density at radius 2 is 2.08 bits per heavy atom. The standard InChI is InChI=1S/C18H25N5O2/c1-13(2)15-11-16(22(3)21-15)18(24)19-12-14-5-4-6-17(20-14)23-7-9-25-10-8-23/h4-6,11,13H,7-10,12H2,1-3H3,(H,19,24). The molecule has 0 spiro atoms. The Labute approximate surface area is 148 Å².